The molecule has 0 atom stereocenters. The van der Waals surface area contributed by atoms with Crippen molar-refractivity contribution >= 4 is 5.65 Å². The van der Waals surface area contributed by atoms with E-state index in [1.807, 2.05) is 23.8 Å². The fourth-order valence-corrected chi connectivity index (χ4v) is 4.50. The van der Waals surface area contributed by atoms with E-state index in [0.29, 0.717) is 5.92 Å². The Hall–Kier alpha value is -2.99. The van der Waals surface area contributed by atoms with E-state index < -0.39 is 0 Å². The fourth-order valence-electron chi connectivity index (χ4n) is 4.50. The molecule has 5 rings (SSSR count). The maximum absolute atomic E-state index is 4.72. The van der Waals surface area contributed by atoms with E-state index in [0.717, 1.165) is 49.5 Å². The summed E-state index contributed by atoms with van der Waals surface area (Å²) < 4.78 is 1.95. The van der Waals surface area contributed by atoms with Crippen molar-refractivity contribution in [1.29, 1.82) is 0 Å². The van der Waals surface area contributed by atoms with Gasteiger partial charge in [-0.25, -0.2) is 9.50 Å². The van der Waals surface area contributed by atoms with Crippen LogP contribution in [0.4, 0.5) is 0 Å². The number of likely N-dealkylation sites (tertiary alicyclic amines) is 1. The van der Waals surface area contributed by atoms with Gasteiger partial charge in [0, 0.05) is 40.7 Å². The smallest absolute Gasteiger partial charge is 0.159 e. The zero-order valence-corrected chi connectivity index (χ0v) is 17.0. The number of piperidine rings is 1. The van der Waals surface area contributed by atoms with Gasteiger partial charge >= 0.3 is 0 Å². The number of aromatic nitrogens is 5. The monoisotopic (exact) mass is 386 g/mol. The van der Waals surface area contributed by atoms with Crippen LogP contribution in [0.25, 0.3) is 16.8 Å². The summed E-state index contributed by atoms with van der Waals surface area (Å²) in [4.78, 5) is 7.24. The summed E-state index contributed by atoms with van der Waals surface area (Å²) in [6.07, 6.45) is 6.20. The van der Waals surface area contributed by atoms with Crippen molar-refractivity contribution in [3.05, 3.63) is 71.4 Å². The molecular weight excluding hydrogens is 360 g/mol. The minimum atomic E-state index is 0.524. The summed E-state index contributed by atoms with van der Waals surface area (Å²) in [6, 6.07) is 12.6. The highest BCUT2D eigenvalue weighted by Gasteiger charge is 2.25. The molecule has 0 aliphatic carbocycles. The molecule has 0 unspecified atom stereocenters. The third-order valence-corrected chi connectivity index (χ3v) is 5.99. The maximum atomic E-state index is 4.72. The summed E-state index contributed by atoms with van der Waals surface area (Å²) in [5.41, 5.74) is 8.13. The number of nitrogens with one attached hydrogen (secondary N) is 1. The van der Waals surface area contributed by atoms with Gasteiger partial charge in [-0.05, 0) is 51.4 Å². The molecule has 0 saturated carbocycles. The number of hydrogen-bond donors (Lipinski definition) is 1. The van der Waals surface area contributed by atoms with Crippen molar-refractivity contribution in [2.75, 3.05) is 13.1 Å². The average Bonchev–Trinajstić information content (AvgIpc) is 3.37. The van der Waals surface area contributed by atoms with Crippen LogP contribution in [-0.2, 0) is 6.54 Å². The molecule has 3 aromatic heterocycles. The molecule has 1 aliphatic rings. The van der Waals surface area contributed by atoms with Crippen molar-refractivity contribution < 1.29 is 0 Å². The van der Waals surface area contributed by atoms with Crippen LogP contribution in [0, 0.1) is 13.8 Å². The van der Waals surface area contributed by atoms with Crippen molar-refractivity contribution in [3.8, 4) is 11.1 Å². The molecule has 1 fully saturated rings. The Morgan fingerprint density at radius 3 is 2.66 bits per heavy atom. The second kappa shape index (κ2) is 7.44. The molecule has 1 saturated heterocycles. The Morgan fingerprint density at radius 2 is 1.86 bits per heavy atom. The lowest BCUT2D eigenvalue weighted by atomic mass is 9.89. The molecule has 0 radical (unpaired) electrons. The first-order valence-corrected chi connectivity index (χ1v) is 10.3. The highest BCUT2D eigenvalue weighted by molar-refractivity contribution is 5.65. The molecule has 29 heavy (non-hydrogen) atoms. The van der Waals surface area contributed by atoms with E-state index >= 15 is 0 Å². The maximum Gasteiger partial charge on any atom is 0.159 e. The molecule has 1 aromatic carbocycles. The standard InChI is InChI=1S/C23H26N6/c1-16-12-17(2)29-23(26-16)20(13-25-29)15-28-10-8-19(9-11-28)22-21(14-24-27-22)18-6-4-3-5-7-18/h3-7,12-14,19H,8-11,15H2,1-2H3,(H,24,27). The van der Waals surface area contributed by atoms with E-state index in [2.05, 4.69) is 63.5 Å². The second-order valence-corrected chi connectivity index (χ2v) is 8.06. The lowest BCUT2D eigenvalue weighted by Crippen LogP contribution is -2.32. The predicted molar refractivity (Wildman–Crippen MR) is 114 cm³/mol. The molecule has 148 valence electrons. The van der Waals surface area contributed by atoms with Gasteiger partial charge in [-0.1, -0.05) is 30.3 Å². The van der Waals surface area contributed by atoms with Gasteiger partial charge in [0.15, 0.2) is 5.65 Å². The van der Waals surface area contributed by atoms with Crippen molar-refractivity contribution in [2.45, 2.75) is 39.2 Å². The van der Waals surface area contributed by atoms with Crippen LogP contribution in [0.2, 0.25) is 0 Å². The van der Waals surface area contributed by atoms with Gasteiger partial charge in [0.2, 0.25) is 0 Å². The van der Waals surface area contributed by atoms with Gasteiger partial charge in [0.05, 0.1) is 12.4 Å². The van der Waals surface area contributed by atoms with Crippen LogP contribution in [0.1, 0.15) is 41.4 Å². The highest BCUT2D eigenvalue weighted by Crippen LogP contribution is 2.34. The first kappa shape index (κ1) is 18.1. The Morgan fingerprint density at radius 1 is 1.07 bits per heavy atom. The predicted octanol–water partition coefficient (Wildman–Crippen LogP) is 4.12. The van der Waals surface area contributed by atoms with E-state index in [9.17, 15) is 0 Å². The number of hydrogen-bond acceptors (Lipinski definition) is 4. The summed E-state index contributed by atoms with van der Waals surface area (Å²) >= 11 is 0. The van der Waals surface area contributed by atoms with Gasteiger partial charge in [-0.2, -0.15) is 10.2 Å². The van der Waals surface area contributed by atoms with Crippen molar-refractivity contribution in [1.82, 2.24) is 29.7 Å². The molecule has 6 heteroatoms. The molecule has 1 aliphatic heterocycles. The molecule has 0 amide bonds. The average molecular weight is 387 g/mol. The fraction of sp³-hybridized carbons (Fsp3) is 0.348. The van der Waals surface area contributed by atoms with Crippen LogP contribution in [0.3, 0.4) is 0 Å². The number of fused-ring (bicyclic) bond motifs is 1. The number of rotatable bonds is 4. The minimum absolute atomic E-state index is 0.524. The van der Waals surface area contributed by atoms with Gasteiger partial charge in [0.1, 0.15) is 0 Å². The van der Waals surface area contributed by atoms with Crippen LogP contribution in [0.15, 0.2) is 48.8 Å². The topological polar surface area (TPSA) is 62.1 Å². The van der Waals surface area contributed by atoms with Crippen LogP contribution >= 0.6 is 0 Å². The lowest BCUT2D eigenvalue weighted by molar-refractivity contribution is 0.204. The van der Waals surface area contributed by atoms with Crippen LogP contribution in [-0.4, -0.2) is 42.8 Å². The van der Waals surface area contributed by atoms with Gasteiger partial charge in [-0.3, -0.25) is 10.00 Å². The molecule has 0 bridgehead atoms. The normalized spacial score (nSPS) is 15.9. The van der Waals surface area contributed by atoms with Gasteiger partial charge < -0.3 is 0 Å². The highest BCUT2D eigenvalue weighted by atomic mass is 15.3. The van der Waals surface area contributed by atoms with Crippen molar-refractivity contribution in [3.63, 3.8) is 0 Å². The first-order chi connectivity index (χ1) is 14.2. The van der Waals surface area contributed by atoms with Gasteiger partial charge in [0.25, 0.3) is 0 Å². The Labute approximate surface area is 170 Å². The molecule has 4 aromatic rings. The second-order valence-electron chi connectivity index (χ2n) is 8.06. The Kier molecular flexibility index (Phi) is 4.64. The summed E-state index contributed by atoms with van der Waals surface area (Å²) in [5, 5.41) is 12.2. The third kappa shape index (κ3) is 3.44. The molecule has 4 heterocycles. The lowest BCUT2D eigenvalue weighted by Gasteiger charge is -2.31. The third-order valence-electron chi connectivity index (χ3n) is 5.99. The zero-order chi connectivity index (χ0) is 19.8. The van der Waals surface area contributed by atoms with Crippen LogP contribution in [0.5, 0.6) is 0 Å². The van der Waals surface area contributed by atoms with Gasteiger partial charge in [-0.15, -0.1) is 0 Å². The number of H-pyrrole nitrogens is 1. The quantitative estimate of drug-likeness (QED) is 0.573. The van der Waals surface area contributed by atoms with Crippen molar-refractivity contribution in [2.24, 2.45) is 0 Å². The first-order valence-electron chi connectivity index (χ1n) is 10.3. The van der Waals surface area contributed by atoms with E-state index in [1.54, 1.807) is 0 Å². The Bertz CT molecular complexity index is 1120. The summed E-state index contributed by atoms with van der Waals surface area (Å²) in [5.74, 6) is 0.524. The zero-order valence-electron chi connectivity index (χ0n) is 17.0. The molecule has 0 spiro atoms. The molecule has 1 N–H and O–H groups in total. The van der Waals surface area contributed by atoms with E-state index in [1.165, 1.54) is 22.4 Å². The molecular formula is C23H26N6. The number of aryl methyl sites for hydroxylation is 2. The Balaban J connectivity index is 1.29. The number of nitrogens with zero attached hydrogens (tertiary/aromatic N) is 5. The largest absolute Gasteiger partial charge is 0.299 e. The number of aromatic amines is 1. The van der Waals surface area contributed by atoms with Crippen LogP contribution < -0.4 is 0 Å². The molecule has 6 nitrogen and oxygen atoms in total. The SMILES string of the molecule is Cc1cc(C)n2ncc(CN3CCC(c4[nH]ncc4-c4ccccc4)CC3)c2n1. The van der Waals surface area contributed by atoms with E-state index in [4.69, 9.17) is 4.98 Å². The summed E-state index contributed by atoms with van der Waals surface area (Å²) in [6.45, 7) is 7.17. The minimum Gasteiger partial charge on any atom is -0.299 e. The summed E-state index contributed by atoms with van der Waals surface area (Å²) in [7, 11) is 0. The number of benzene rings is 1. The van der Waals surface area contributed by atoms with E-state index in [-0.39, 0.29) is 0 Å².